The molecule has 1 aromatic heterocycles. The predicted molar refractivity (Wildman–Crippen MR) is 91.1 cm³/mol. The van der Waals surface area contributed by atoms with Crippen LogP contribution in [0.15, 0.2) is 47.1 Å². The van der Waals surface area contributed by atoms with Crippen LogP contribution >= 0.6 is 0 Å². The molecule has 2 heterocycles. The van der Waals surface area contributed by atoms with Crippen LogP contribution in [0.25, 0.3) is 0 Å². The van der Waals surface area contributed by atoms with Gasteiger partial charge in [0, 0.05) is 31.9 Å². The van der Waals surface area contributed by atoms with Crippen LogP contribution in [0.5, 0.6) is 0 Å². The lowest BCUT2D eigenvalue weighted by Gasteiger charge is -2.34. The Labute approximate surface area is 153 Å². The summed E-state index contributed by atoms with van der Waals surface area (Å²) in [5.74, 6) is -0.215. The van der Waals surface area contributed by atoms with Crippen LogP contribution in [-0.4, -0.2) is 54.3 Å². The summed E-state index contributed by atoms with van der Waals surface area (Å²) in [5, 5.41) is 2.72. The Bertz CT molecular complexity index is 798. The van der Waals surface area contributed by atoms with Gasteiger partial charge >= 0.3 is 6.18 Å². The van der Waals surface area contributed by atoms with Crippen LogP contribution in [0.3, 0.4) is 0 Å². The molecule has 1 saturated heterocycles. The molecule has 0 spiro atoms. The van der Waals surface area contributed by atoms with Crippen molar-refractivity contribution in [1.29, 1.82) is 0 Å². The molecule has 0 aliphatic carbocycles. The van der Waals surface area contributed by atoms with Gasteiger partial charge in [0.2, 0.25) is 5.91 Å². The summed E-state index contributed by atoms with van der Waals surface area (Å²) in [7, 11) is 0. The summed E-state index contributed by atoms with van der Waals surface area (Å²) in [5.41, 5.74) is -0.546. The van der Waals surface area contributed by atoms with E-state index in [-0.39, 0.29) is 29.8 Å². The van der Waals surface area contributed by atoms with Gasteiger partial charge in [-0.25, -0.2) is 0 Å². The molecule has 6 nitrogen and oxygen atoms in total. The maximum absolute atomic E-state index is 12.7. The number of amides is 2. The van der Waals surface area contributed by atoms with E-state index in [1.165, 1.54) is 18.4 Å². The average Bonchev–Trinajstić information content (AvgIpc) is 3.20. The van der Waals surface area contributed by atoms with E-state index in [0.29, 0.717) is 26.2 Å². The fourth-order valence-corrected chi connectivity index (χ4v) is 2.81. The van der Waals surface area contributed by atoms with E-state index in [2.05, 4.69) is 5.32 Å². The Kier molecular flexibility index (Phi) is 5.38. The van der Waals surface area contributed by atoms with Crippen molar-refractivity contribution in [2.75, 3.05) is 38.0 Å². The molecule has 0 bridgehead atoms. The normalized spacial score (nSPS) is 14.9. The Hall–Kier alpha value is -2.97. The molecule has 0 unspecified atom stereocenters. The van der Waals surface area contributed by atoms with Crippen molar-refractivity contribution in [3.63, 3.8) is 0 Å². The quantitative estimate of drug-likeness (QED) is 0.885. The number of nitrogens with zero attached hydrogens (tertiary/aromatic N) is 2. The van der Waals surface area contributed by atoms with Crippen LogP contribution in [0.2, 0.25) is 0 Å². The molecule has 0 saturated carbocycles. The molecule has 1 aliphatic rings. The number of furan rings is 1. The van der Waals surface area contributed by atoms with Crippen LogP contribution in [-0.2, 0) is 11.0 Å². The van der Waals surface area contributed by atoms with Gasteiger partial charge in [-0.3, -0.25) is 9.59 Å². The Morgan fingerprint density at radius 2 is 1.74 bits per heavy atom. The van der Waals surface area contributed by atoms with Crippen molar-refractivity contribution in [3.05, 3.63) is 54.0 Å². The number of carbonyl (C=O) groups is 2. The van der Waals surface area contributed by atoms with E-state index in [1.54, 1.807) is 21.9 Å². The van der Waals surface area contributed by atoms with Gasteiger partial charge in [-0.15, -0.1) is 0 Å². The smallest absolute Gasteiger partial charge is 0.416 e. The maximum Gasteiger partial charge on any atom is 0.416 e. The Morgan fingerprint density at radius 1 is 1.04 bits per heavy atom. The van der Waals surface area contributed by atoms with Crippen molar-refractivity contribution < 1.29 is 27.2 Å². The molecular formula is C18H18F3N3O3. The highest BCUT2D eigenvalue weighted by atomic mass is 19.4. The number of piperazine rings is 1. The number of alkyl halides is 3. The highest BCUT2D eigenvalue weighted by molar-refractivity contribution is 5.91. The molecule has 1 N–H and O–H groups in total. The zero-order valence-corrected chi connectivity index (χ0v) is 14.3. The van der Waals surface area contributed by atoms with Gasteiger partial charge in [0.25, 0.3) is 5.91 Å². The van der Waals surface area contributed by atoms with Crippen molar-refractivity contribution in [3.8, 4) is 0 Å². The molecule has 1 aliphatic heterocycles. The van der Waals surface area contributed by atoms with Gasteiger partial charge in [-0.05, 0) is 30.3 Å². The van der Waals surface area contributed by atoms with E-state index in [9.17, 15) is 22.8 Å². The van der Waals surface area contributed by atoms with Crippen molar-refractivity contribution in [2.24, 2.45) is 0 Å². The highest BCUT2D eigenvalue weighted by Crippen LogP contribution is 2.30. The first-order chi connectivity index (χ1) is 12.8. The van der Waals surface area contributed by atoms with Crippen LogP contribution in [0.4, 0.5) is 18.9 Å². The third kappa shape index (κ3) is 4.60. The monoisotopic (exact) mass is 381 g/mol. The number of rotatable bonds is 4. The molecule has 0 atom stereocenters. The topological polar surface area (TPSA) is 65.8 Å². The van der Waals surface area contributed by atoms with Gasteiger partial charge in [0.1, 0.15) is 0 Å². The van der Waals surface area contributed by atoms with Crippen LogP contribution < -0.4 is 5.32 Å². The molecule has 9 heteroatoms. The number of halogens is 3. The molecule has 1 fully saturated rings. The summed E-state index contributed by atoms with van der Waals surface area (Å²) in [4.78, 5) is 27.6. The lowest BCUT2D eigenvalue weighted by Crippen LogP contribution is -2.51. The minimum atomic E-state index is -4.43. The lowest BCUT2D eigenvalue weighted by molar-refractivity contribution is -0.137. The predicted octanol–water partition coefficient (Wildman–Crippen LogP) is 2.69. The summed E-state index contributed by atoms with van der Waals surface area (Å²) in [6.45, 7) is 1.34. The molecule has 27 heavy (non-hydrogen) atoms. The summed E-state index contributed by atoms with van der Waals surface area (Å²) < 4.78 is 43.2. The van der Waals surface area contributed by atoms with E-state index in [4.69, 9.17) is 4.42 Å². The first-order valence-electron chi connectivity index (χ1n) is 8.36. The van der Waals surface area contributed by atoms with Gasteiger partial charge in [-0.1, -0.05) is 6.07 Å². The number of benzene rings is 1. The zero-order chi connectivity index (χ0) is 19.4. The van der Waals surface area contributed by atoms with Crippen molar-refractivity contribution >= 4 is 17.5 Å². The maximum atomic E-state index is 12.7. The molecule has 2 aromatic rings. The summed E-state index contributed by atoms with van der Waals surface area (Å²) in [6, 6.07) is 7.91. The molecule has 0 radical (unpaired) electrons. The van der Waals surface area contributed by atoms with Gasteiger partial charge in [0.05, 0.1) is 18.4 Å². The second-order valence-electron chi connectivity index (χ2n) is 6.08. The number of anilines is 1. The minimum absolute atomic E-state index is 0.118. The number of nitrogens with one attached hydrogen (secondary N) is 1. The van der Waals surface area contributed by atoms with Crippen LogP contribution in [0, 0.1) is 0 Å². The SMILES string of the molecule is O=C(CNc1cccc(C(F)(F)F)c1)N1CCN(C(=O)c2ccco2)CC1. The van der Waals surface area contributed by atoms with Gasteiger partial charge in [-0.2, -0.15) is 13.2 Å². The first kappa shape index (κ1) is 18.8. The fourth-order valence-electron chi connectivity index (χ4n) is 2.81. The van der Waals surface area contributed by atoms with Gasteiger partial charge in [0.15, 0.2) is 5.76 Å². The fraction of sp³-hybridized carbons (Fsp3) is 0.333. The minimum Gasteiger partial charge on any atom is -0.459 e. The number of hydrogen-bond donors (Lipinski definition) is 1. The highest BCUT2D eigenvalue weighted by Gasteiger charge is 2.30. The van der Waals surface area contributed by atoms with Crippen molar-refractivity contribution in [1.82, 2.24) is 9.80 Å². The molecule has 144 valence electrons. The molecular weight excluding hydrogens is 363 g/mol. The molecule has 3 rings (SSSR count). The van der Waals surface area contributed by atoms with E-state index in [0.717, 1.165) is 12.1 Å². The van der Waals surface area contributed by atoms with E-state index >= 15 is 0 Å². The average molecular weight is 381 g/mol. The molecule has 1 aromatic carbocycles. The second kappa shape index (κ2) is 7.73. The number of carbonyl (C=O) groups excluding carboxylic acids is 2. The summed E-state index contributed by atoms with van der Waals surface area (Å²) in [6.07, 6.45) is -3.01. The van der Waals surface area contributed by atoms with E-state index in [1.807, 2.05) is 0 Å². The number of hydrogen-bond acceptors (Lipinski definition) is 4. The van der Waals surface area contributed by atoms with E-state index < -0.39 is 11.7 Å². The lowest BCUT2D eigenvalue weighted by atomic mass is 10.2. The third-order valence-electron chi connectivity index (χ3n) is 4.29. The third-order valence-corrected chi connectivity index (χ3v) is 4.29. The Morgan fingerprint density at radius 3 is 2.37 bits per heavy atom. The summed E-state index contributed by atoms with van der Waals surface area (Å²) >= 11 is 0. The molecule has 2 amide bonds. The second-order valence-corrected chi connectivity index (χ2v) is 6.08. The van der Waals surface area contributed by atoms with Crippen molar-refractivity contribution in [2.45, 2.75) is 6.18 Å². The Balaban J connectivity index is 1.49. The standard InChI is InChI=1S/C18H18F3N3O3/c19-18(20,21)13-3-1-4-14(11-13)22-12-16(25)23-6-8-24(9-7-23)17(26)15-5-2-10-27-15/h1-5,10-11,22H,6-9,12H2. The van der Waals surface area contributed by atoms with Gasteiger partial charge < -0.3 is 19.5 Å². The zero-order valence-electron chi connectivity index (χ0n) is 14.3. The largest absolute Gasteiger partial charge is 0.459 e. The first-order valence-corrected chi connectivity index (χ1v) is 8.36. The van der Waals surface area contributed by atoms with Crippen LogP contribution in [0.1, 0.15) is 16.1 Å².